The number of carbonyl (C=O) groups is 2. The van der Waals surface area contributed by atoms with Crippen LogP contribution in [0.3, 0.4) is 0 Å². The molecular weight excluding hydrogens is 412 g/mol. The summed E-state index contributed by atoms with van der Waals surface area (Å²) in [6.45, 7) is 0.510. The van der Waals surface area contributed by atoms with Gasteiger partial charge in [0.1, 0.15) is 11.2 Å². The topological polar surface area (TPSA) is 86.1 Å². The molecule has 1 unspecified atom stereocenters. The summed E-state index contributed by atoms with van der Waals surface area (Å²) in [6, 6.07) is 19.8. The van der Waals surface area contributed by atoms with Crippen molar-refractivity contribution in [1.82, 2.24) is 4.98 Å². The zero-order valence-corrected chi connectivity index (χ0v) is 18.5. The van der Waals surface area contributed by atoms with Crippen molar-refractivity contribution in [2.24, 2.45) is 11.3 Å². The third-order valence-electron chi connectivity index (χ3n) is 7.16. The summed E-state index contributed by atoms with van der Waals surface area (Å²) in [7, 11) is 0. The molecule has 0 spiro atoms. The van der Waals surface area contributed by atoms with Crippen LogP contribution in [0.2, 0.25) is 0 Å². The molecule has 2 fully saturated rings. The molecule has 166 valence electrons. The Morgan fingerprint density at radius 1 is 1.15 bits per heavy atom. The SMILES string of the molecule is N#CC1(C2CCCC2)CCN(c2ccnc(NC(=O)Cc3cccc4ccccc34)c2)C1=O. The highest BCUT2D eigenvalue weighted by Gasteiger charge is 2.53. The van der Waals surface area contributed by atoms with E-state index < -0.39 is 5.41 Å². The van der Waals surface area contributed by atoms with E-state index in [1.54, 1.807) is 23.2 Å². The first-order chi connectivity index (χ1) is 16.1. The van der Waals surface area contributed by atoms with Crippen molar-refractivity contribution < 1.29 is 9.59 Å². The number of benzene rings is 2. The van der Waals surface area contributed by atoms with Gasteiger partial charge in [0.25, 0.3) is 0 Å². The van der Waals surface area contributed by atoms with Gasteiger partial charge in [-0.25, -0.2) is 4.98 Å². The summed E-state index contributed by atoms with van der Waals surface area (Å²) in [5.74, 6) is 0.264. The minimum Gasteiger partial charge on any atom is -0.311 e. The third kappa shape index (κ3) is 3.84. The van der Waals surface area contributed by atoms with E-state index in [-0.39, 0.29) is 24.2 Å². The van der Waals surface area contributed by atoms with Gasteiger partial charge in [0.05, 0.1) is 12.5 Å². The number of fused-ring (bicyclic) bond motifs is 1. The fourth-order valence-electron chi connectivity index (χ4n) is 5.44. The molecule has 1 atom stereocenters. The number of pyridine rings is 1. The fraction of sp³-hybridized carbons (Fsp3) is 0.333. The third-order valence-corrected chi connectivity index (χ3v) is 7.16. The Kier molecular flexibility index (Phi) is 5.55. The largest absolute Gasteiger partial charge is 0.311 e. The van der Waals surface area contributed by atoms with Crippen LogP contribution in [0.15, 0.2) is 60.8 Å². The molecule has 1 aromatic heterocycles. The second-order valence-corrected chi connectivity index (χ2v) is 9.03. The zero-order valence-electron chi connectivity index (χ0n) is 18.5. The molecule has 3 aromatic rings. The minimum absolute atomic E-state index is 0.115. The summed E-state index contributed by atoms with van der Waals surface area (Å²) in [5.41, 5.74) is 0.704. The van der Waals surface area contributed by atoms with Crippen molar-refractivity contribution in [3.8, 4) is 6.07 Å². The van der Waals surface area contributed by atoms with E-state index in [0.717, 1.165) is 42.0 Å². The molecule has 2 aromatic carbocycles. The van der Waals surface area contributed by atoms with Gasteiger partial charge in [0.2, 0.25) is 11.8 Å². The molecule has 1 saturated carbocycles. The monoisotopic (exact) mass is 438 g/mol. The van der Waals surface area contributed by atoms with Crippen LogP contribution < -0.4 is 10.2 Å². The van der Waals surface area contributed by atoms with Crippen molar-refractivity contribution in [3.63, 3.8) is 0 Å². The van der Waals surface area contributed by atoms with E-state index >= 15 is 0 Å². The summed E-state index contributed by atoms with van der Waals surface area (Å²) < 4.78 is 0. The molecule has 6 heteroatoms. The van der Waals surface area contributed by atoms with Gasteiger partial charge in [-0.3, -0.25) is 9.59 Å². The summed E-state index contributed by atoms with van der Waals surface area (Å²) >= 11 is 0. The Morgan fingerprint density at radius 3 is 2.76 bits per heavy atom. The molecular formula is C27H26N4O2. The Balaban J connectivity index is 1.32. The van der Waals surface area contributed by atoms with Crippen LogP contribution in [-0.4, -0.2) is 23.3 Å². The van der Waals surface area contributed by atoms with Gasteiger partial charge in [-0.05, 0) is 47.6 Å². The number of anilines is 2. The molecule has 2 aliphatic rings. The summed E-state index contributed by atoms with van der Waals surface area (Å²) in [4.78, 5) is 32.1. The van der Waals surface area contributed by atoms with E-state index in [1.165, 1.54) is 0 Å². The number of aromatic nitrogens is 1. The van der Waals surface area contributed by atoms with Crippen molar-refractivity contribution in [3.05, 3.63) is 66.4 Å². The molecule has 33 heavy (non-hydrogen) atoms. The van der Waals surface area contributed by atoms with Gasteiger partial charge < -0.3 is 10.2 Å². The molecule has 6 nitrogen and oxygen atoms in total. The van der Waals surface area contributed by atoms with Crippen LogP contribution in [0.1, 0.15) is 37.7 Å². The first-order valence-electron chi connectivity index (χ1n) is 11.6. The highest BCUT2D eigenvalue weighted by molar-refractivity contribution is 6.02. The van der Waals surface area contributed by atoms with Crippen molar-refractivity contribution in [2.75, 3.05) is 16.8 Å². The lowest BCUT2D eigenvalue weighted by Crippen LogP contribution is -2.38. The molecule has 2 heterocycles. The van der Waals surface area contributed by atoms with Crippen molar-refractivity contribution in [1.29, 1.82) is 5.26 Å². The van der Waals surface area contributed by atoms with E-state index in [1.807, 2.05) is 42.5 Å². The van der Waals surface area contributed by atoms with Gasteiger partial charge in [0.15, 0.2) is 0 Å². The van der Waals surface area contributed by atoms with Crippen LogP contribution in [0.5, 0.6) is 0 Å². The first kappa shape index (κ1) is 21.1. The van der Waals surface area contributed by atoms with E-state index in [4.69, 9.17) is 0 Å². The van der Waals surface area contributed by atoms with E-state index in [2.05, 4.69) is 16.4 Å². The highest BCUT2D eigenvalue weighted by Crippen LogP contribution is 2.47. The first-order valence-corrected chi connectivity index (χ1v) is 11.6. The predicted molar refractivity (Wildman–Crippen MR) is 127 cm³/mol. The van der Waals surface area contributed by atoms with E-state index in [0.29, 0.717) is 24.5 Å². The van der Waals surface area contributed by atoms with Crippen molar-refractivity contribution >= 4 is 34.1 Å². The number of nitrogens with one attached hydrogen (secondary N) is 1. The standard InChI is InChI=1S/C27H26N4O2/c28-18-27(21-9-2-3-10-21)13-15-31(26(27)33)22-12-14-29-24(17-22)30-25(32)16-20-8-5-7-19-6-1-4-11-23(19)20/h1,4-8,11-12,14,17,21H,2-3,9-10,13,15-16H2,(H,29,30,32). The molecule has 1 aliphatic heterocycles. The Hall–Kier alpha value is -3.72. The maximum atomic E-state index is 13.3. The summed E-state index contributed by atoms with van der Waals surface area (Å²) in [5, 5.41) is 15.0. The van der Waals surface area contributed by atoms with E-state index in [9.17, 15) is 14.9 Å². The number of hydrogen-bond donors (Lipinski definition) is 1. The second-order valence-electron chi connectivity index (χ2n) is 9.03. The molecule has 1 saturated heterocycles. The number of rotatable bonds is 5. The molecule has 1 N–H and O–H groups in total. The van der Waals surface area contributed by atoms with Gasteiger partial charge in [-0.2, -0.15) is 5.26 Å². The van der Waals surface area contributed by atoms with Crippen LogP contribution in [0, 0.1) is 22.7 Å². The second kappa shape index (κ2) is 8.67. The molecule has 0 bridgehead atoms. The molecule has 1 aliphatic carbocycles. The van der Waals surface area contributed by atoms with Crippen LogP contribution in [0.25, 0.3) is 10.8 Å². The number of carbonyl (C=O) groups excluding carboxylic acids is 2. The number of amides is 2. The molecule has 2 amide bonds. The Morgan fingerprint density at radius 2 is 1.94 bits per heavy atom. The average Bonchev–Trinajstić information content (AvgIpc) is 3.48. The number of hydrogen-bond acceptors (Lipinski definition) is 4. The van der Waals surface area contributed by atoms with Crippen LogP contribution in [-0.2, 0) is 16.0 Å². The van der Waals surface area contributed by atoms with Gasteiger partial charge in [0, 0.05) is 24.5 Å². The Labute approximate surface area is 193 Å². The lowest BCUT2D eigenvalue weighted by molar-refractivity contribution is -0.125. The summed E-state index contributed by atoms with van der Waals surface area (Å²) in [6.07, 6.45) is 6.44. The normalized spacial score (nSPS) is 20.8. The fourth-order valence-corrected chi connectivity index (χ4v) is 5.44. The van der Waals surface area contributed by atoms with Crippen LogP contribution >= 0.6 is 0 Å². The lowest BCUT2D eigenvalue weighted by atomic mass is 9.74. The average molecular weight is 439 g/mol. The smallest absolute Gasteiger partial charge is 0.247 e. The zero-order chi connectivity index (χ0) is 22.8. The van der Waals surface area contributed by atoms with Gasteiger partial charge >= 0.3 is 0 Å². The van der Waals surface area contributed by atoms with Crippen molar-refractivity contribution in [2.45, 2.75) is 38.5 Å². The molecule has 5 rings (SSSR count). The Bertz CT molecular complexity index is 1250. The number of nitriles is 1. The maximum absolute atomic E-state index is 13.3. The quantitative estimate of drug-likeness (QED) is 0.617. The van der Waals surface area contributed by atoms with Gasteiger partial charge in [-0.1, -0.05) is 55.3 Å². The lowest BCUT2D eigenvalue weighted by Gasteiger charge is -2.26. The predicted octanol–water partition coefficient (Wildman–Crippen LogP) is 4.85. The molecule has 0 radical (unpaired) electrons. The number of nitrogens with zero attached hydrogens (tertiary/aromatic N) is 3. The van der Waals surface area contributed by atoms with Crippen LogP contribution in [0.4, 0.5) is 11.5 Å². The van der Waals surface area contributed by atoms with Gasteiger partial charge in [-0.15, -0.1) is 0 Å². The maximum Gasteiger partial charge on any atom is 0.247 e. The highest BCUT2D eigenvalue weighted by atomic mass is 16.2. The minimum atomic E-state index is -0.919.